The number of unbranched alkanes of at least 4 members (excludes halogenated alkanes) is 1. The van der Waals surface area contributed by atoms with Crippen LogP contribution in [0.3, 0.4) is 0 Å². The van der Waals surface area contributed by atoms with E-state index in [0.717, 1.165) is 50.2 Å². The largest absolute Gasteiger partial charge is 0.480 e. The van der Waals surface area contributed by atoms with Gasteiger partial charge in [-0.05, 0) is 70.5 Å². The minimum absolute atomic E-state index is 0.225. The van der Waals surface area contributed by atoms with Gasteiger partial charge in [0.1, 0.15) is 18.5 Å². The Morgan fingerprint density at radius 2 is 2.03 bits per heavy atom. The van der Waals surface area contributed by atoms with E-state index in [9.17, 15) is 19.1 Å². The van der Waals surface area contributed by atoms with Crippen molar-refractivity contribution in [1.29, 1.82) is 0 Å². The molecule has 35 heavy (non-hydrogen) atoms. The number of urea groups is 1. The number of ether oxygens (including phenoxy) is 1. The number of hydrogen-bond acceptors (Lipinski definition) is 6. The van der Waals surface area contributed by atoms with E-state index in [1.807, 2.05) is 18.7 Å². The first kappa shape index (κ1) is 28.8. The number of alkyl halides is 1. The fourth-order valence-corrected chi connectivity index (χ4v) is 4.24. The van der Waals surface area contributed by atoms with Crippen LogP contribution in [0.25, 0.3) is 0 Å². The third kappa shape index (κ3) is 9.60. The summed E-state index contributed by atoms with van der Waals surface area (Å²) in [7, 11) is 1.47. The molecule has 0 aromatic carbocycles. The highest BCUT2D eigenvalue weighted by molar-refractivity contribution is 5.82. The highest BCUT2D eigenvalue weighted by Crippen LogP contribution is 2.20. The van der Waals surface area contributed by atoms with Crippen LogP contribution in [0.5, 0.6) is 0 Å². The maximum atomic E-state index is 13.3. The molecular weight excluding hydrogens is 453 g/mol. The van der Waals surface area contributed by atoms with Crippen molar-refractivity contribution in [1.82, 2.24) is 20.1 Å². The van der Waals surface area contributed by atoms with Crippen molar-refractivity contribution in [3.05, 3.63) is 23.4 Å². The van der Waals surface area contributed by atoms with Gasteiger partial charge in [0.25, 0.3) is 0 Å². The van der Waals surface area contributed by atoms with Crippen molar-refractivity contribution in [2.75, 3.05) is 58.4 Å². The summed E-state index contributed by atoms with van der Waals surface area (Å²) in [6.45, 7) is 6.50. The molecule has 3 N–H and O–H groups in total. The number of carboxylic acid groups (broad SMARTS) is 1. The Morgan fingerprint density at radius 1 is 1.26 bits per heavy atom. The molecule has 2 rings (SSSR count). The van der Waals surface area contributed by atoms with Crippen molar-refractivity contribution in [2.45, 2.75) is 64.5 Å². The number of pyridine rings is 1. The number of methoxy groups -OCH3 is 1. The summed E-state index contributed by atoms with van der Waals surface area (Å²) >= 11 is 0. The Bertz CT molecular complexity index is 789. The van der Waals surface area contributed by atoms with Crippen molar-refractivity contribution in [3.8, 4) is 0 Å². The maximum Gasteiger partial charge on any atom is 0.326 e. The molecule has 0 aliphatic carbocycles. The highest BCUT2D eigenvalue weighted by atomic mass is 19.1. The second-order valence-corrected chi connectivity index (χ2v) is 8.91. The molecule has 198 valence electrons. The first-order valence-corrected chi connectivity index (χ1v) is 12.7. The van der Waals surface area contributed by atoms with E-state index in [1.165, 1.54) is 12.7 Å². The molecular formula is C25H42FN5O4. The summed E-state index contributed by atoms with van der Waals surface area (Å²) in [5.41, 5.74) is 2.32. The summed E-state index contributed by atoms with van der Waals surface area (Å²) in [6.07, 6.45) is 4.46. The second-order valence-electron chi connectivity index (χ2n) is 8.91. The van der Waals surface area contributed by atoms with Gasteiger partial charge in [0, 0.05) is 45.5 Å². The predicted octanol–water partition coefficient (Wildman–Crippen LogP) is 2.94. The number of carbonyl (C=O) groups excluding carboxylic acids is 1. The van der Waals surface area contributed by atoms with Crippen LogP contribution in [0.1, 0.15) is 50.8 Å². The summed E-state index contributed by atoms with van der Waals surface area (Å²) < 4.78 is 18.5. The molecule has 1 aliphatic heterocycles. The van der Waals surface area contributed by atoms with Gasteiger partial charge in [0.05, 0.1) is 6.10 Å². The lowest BCUT2D eigenvalue weighted by Crippen LogP contribution is -2.49. The van der Waals surface area contributed by atoms with Gasteiger partial charge in [-0.2, -0.15) is 0 Å². The Labute approximate surface area is 208 Å². The fourth-order valence-electron chi connectivity index (χ4n) is 4.24. The van der Waals surface area contributed by atoms with E-state index in [1.54, 1.807) is 4.90 Å². The molecule has 1 unspecified atom stereocenters. The first-order chi connectivity index (χ1) is 16.9. The van der Waals surface area contributed by atoms with Gasteiger partial charge in [-0.1, -0.05) is 6.07 Å². The molecule has 1 aromatic heterocycles. The third-order valence-corrected chi connectivity index (χ3v) is 6.46. The normalized spacial score (nSPS) is 14.7. The van der Waals surface area contributed by atoms with Crippen molar-refractivity contribution < 1.29 is 23.8 Å². The smallest absolute Gasteiger partial charge is 0.326 e. The number of rotatable bonds is 16. The van der Waals surface area contributed by atoms with Crippen molar-refractivity contribution >= 4 is 17.8 Å². The van der Waals surface area contributed by atoms with Gasteiger partial charge in [0.2, 0.25) is 0 Å². The second kappa shape index (κ2) is 15.5. The lowest BCUT2D eigenvalue weighted by atomic mass is 10.1. The minimum atomic E-state index is -1.08. The number of fused-ring (bicyclic) bond motifs is 1. The van der Waals surface area contributed by atoms with E-state index in [-0.39, 0.29) is 12.5 Å². The van der Waals surface area contributed by atoms with Gasteiger partial charge < -0.3 is 30.3 Å². The Kier molecular flexibility index (Phi) is 12.8. The van der Waals surface area contributed by atoms with Gasteiger partial charge in [-0.15, -0.1) is 0 Å². The zero-order valence-electron chi connectivity index (χ0n) is 21.4. The van der Waals surface area contributed by atoms with E-state index in [2.05, 4.69) is 22.8 Å². The van der Waals surface area contributed by atoms with Crippen molar-refractivity contribution in [2.24, 2.45) is 0 Å². The maximum absolute atomic E-state index is 13.3. The fraction of sp³-hybridized carbons (Fsp3) is 0.720. The molecule has 0 radical (unpaired) electrons. The third-order valence-electron chi connectivity index (χ3n) is 6.46. The molecule has 0 saturated carbocycles. The molecule has 2 atom stereocenters. The first-order valence-electron chi connectivity index (χ1n) is 12.7. The molecule has 10 heteroatoms. The predicted molar refractivity (Wildman–Crippen MR) is 135 cm³/mol. The topological polar surface area (TPSA) is 107 Å². The molecule has 9 nitrogen and oxygen atoms in total. The number of aromatic nitrogens is 1. The van der Waals surface area contributed by atoms with E-state index in [0.29, 0.717) is 32.7 Å². The molecule has 2 amide bonds. The van der Waals surface area contributed by atoms with Crippen LogP contribution in [0, 0.1) is 0 Å². The molecule has 2 heterocycles. The minimum Gasteiger partial charge on any atom is -0.480 e. The standard InChI is InChI=1S/C25H42FN5O4/c1-4-31(5-2)25(34)29-22(24(32)33)13-16-30(18-21(17-26)35-3)15-7-6-10-20-12-11-19-9-8-14-27-23(19)28-20/h11-12,21-22H,4-10,13-18H2,1-3H3,(H,27,28)(H,29,34)(H,32,33)/t21?,22-/m0/s1. The number of carboxylic acids is 1. The molecule has 0 saturated heterocycles. The van der Waals surface area contributed by atoms with Gasteiger partial charge >= 0.3 is 12.0 Å². The van der Waals surface area contributed by atoms with Crippen LogP contribution in [0.15, 0.2) is 12.1 Å². The van der Waals surface area contributed by atoms with Crippen LogP contribution in [0.2, 0.25) is 0 Å². The number of aryl methyl sites for hydroxylation is 2. The number of anilines is 1. The average molecular weight is 496 g/mol. The molecule has 1 aromatic rings. The number of nitrogens with zero attached hydrogens (tertiary/aromatic N) is 3. The van der Waals surface area contributed by atoms with Crippen molar-refractivity contribution in [3.63, 3.8) is 0 Å². The Morgan fingerprint density at radius 3 is 2.69 bits per heavy atom. The summed E-state index contributed by atoms with van der Waals surface area (Å²) in [5.74, 6) is -0.0842. The van der Waals surface area contributed by atoms with E-state index < -0.39 is 24.8 Å². The number of halogens is 1. The summed E-state index contributed by atoms with van der Waals surface area (Å²) in [6, 6.07) is 2.84. The Balaban J connectivity index is 1.89. The monoisotopic (exact) mass is 495 g/mol. The molecule has 0 fully saturated rings. The molecule has 0 bridgehead atoms. The number of carbonyl (C=O) groups is 2. The quantitative estimate of drug-likeness (QED) is 0.303. The van der Waals surface area contributed by atoms with E-state index >= 15 is 0 Å². The van der Waals surface area contributed by atoms with Gasteiger partial charge in [-0.25, -0.2) is 19.0 Å². The summed E-state index contributed by atoms with van der Waals surface area (Å²) in [5, 5.41) is 15.6. The van der Waals surface area contributed by atoms with E-state index in [4.69, 9.17) is 9.72 Å². The number of aliphatic carboxylic acids is 1. The highest BCUT2D eigenvalue weighted by Gasteiger charge is 2.24. The number of hydrogen-bond donors (Lipinski definition) is 3. The van der Waals surface area contributed by atoms with Crippen LogP contribution in [0.4, 0.5) is 15.0 Å². The van der Waals surface area contributed by atoms with Gasteiger partial charge in [0.15, 0.2) is 0 Å². The van der Waals surface area contributed by atoms with Crippen LogP contribution in [-0.2, 0) is 22.4 Å². The number of amides is 2. The van der Waals surface area contributed by atoms with Crippen LogP contribution in [-0.4, -0.2) is 97.1 Å². The average Bonchev–Trinajstić information content (AvgIpc) is 2.87. The molecule has 1 aliphatic rings. The SMILES string of the molecule is CCN(CC)C(=O)N[C@@H](CCN(CCCCc1ccc2c(n1)NCCC2)CC(CF)OC)C(=O)O. The van der Waals surface area contributed by atoms with Gasteiger partial charge in [-0.3, -0.25) is 0 Å². The summed E-state index contributed by atoms with van der Waals surface area (Å²) in [4.78, 5) is 32.4. The lowest BCUT2D eigenvalue weighted by molar-refractivity contribution is -0.139. The van der Waals surface area contributed by atoms with Crippen LogP contribution < -0.4 is 10.6 Å². The number of nitrogens with one attached hydrogen (secondary N) is 2. The molecule has 0 spiro atoms. The zero-order valence-corrected chi connectivity index (χ0v) is 21.4. The van der Waals surface area contributed by atoms with Crippen LogP contribution >= 0.6 is 0 Å². The Hall–Kier alpha value is -2.46. The zero-order chi connectivity index (χ0) is 25.6. The lowest BCUT2D eigenvalue weighted by Gasteiger charge is -2.28.